The fraction of sp³-hybridized carbons (Fsp3) is 0.538. The van der Waals surface area contributed by atoms with Crippen molar-refractivity contribution >= 4 is 10.0 Å². The number of hydrogen-bond donors (Lipinski definition) is 2. The van der Waals surface area contributed by atoms with Gasteiger partial charge in [-0.1, -0.05) is 12.1 Å². The smallest absolute Gasteiger partial charge is 0.244 e. The van der Waals surface area contributed by atoms with Gasteiger partial charge in [0, 0.05) is 6.54 Å². The van der Waals surface area contributed by atoms with E-state index in [-0.39, 0.29) is 17.4 Å². The molecule has 1 atom stereocenters. The van der Waals surface area contributed by atoms with Crippen molar-refractivity contribution in [3.05, 3.63) is 24.3 Å². The summed E-state index contributed by atoms with van der Waals surface area (Å²) >= 11 is 0. The second-order valence-corrected chi connectivity index (χ2v) is 6.84. The summed E-state index contributed by atoms with van der Waals surface area (Å²) in [4.78, 5) is 0.0871. The normalized spacial score (nSPS) is 18.9. The number of methoxy groups -OCH3 is 1. The summed E-state index contributed by atoms with van der Waals surface area (Å²) in [6.45, 7) is 1.67. The number of nitrogens with one attached hydrogen (secondary N) is 1. The summed E-state index contributed by atoms with van der Waals surface area (Å²) < 4.78 is 31.9. The Kier molecular flexibility index (Phi) is 3.85. The van der Waals surface area contributed by atoms with E-state index in [0.717, 1.165) is 12.8 Å². The maximum Gasteiger partial charge on any atom is 0.244 e. The molecular weight excluding hydrogens is 266 g/mol. The van der Waals surface area contributed by atoms with Crippen LogP contribution in [0.2, 0.25) is 0 Å². The summed E-state index contributed by atoms with van der Waals surface area (Å²) in [5, 5.41) is 10.1. The Labute approximate surface area is 113 Å². The second-order valence-electron chi connectivity index (χ2n) is 5.11. The Morgan fingerprint density at radius 1 is 1.42 bits per heavy atom. The van der Waals surface area contributed by atoms with Crippen molar-refractivity contribution in [3.8, 4) is 5.75 Å². The molecule has 1 fully saturated rings. The zero-order valence-corrected chi connectivity index (χ0v) is 11.9. The minimum atomic E-state index is -3.68. The largest absolute Gasteiger partial charge is 0.495 e. The molecule has 1 aliphatic rings. The Morgan fingerprint density at radius 2 is 2.05 bits per heavy atom. The molecule has 106 valence electrons. The molecule has 0 amide bonds. The zero-order chi connectivity index (χ0) is 14.1. The van der Waals surface area contributed by atoms with Gasteiger partial charge in [-0.05, 0) is 37.8 Å². The van der Waals surface area contributed by atoms with Gasteiger partial charge in [0.05, 0.1) is 12.7 Å². The van der Waals surface area contributed by atoms with Crippen molar-refractivity contribution in [3.63, 3.8) is 0 Å². The second kappa shape index (κ2) is 5.11. The molecule has 2 N–H and O–H groups in total. The van der Waals surface area contributed by atoms with Crippen molar-refractivity contribution < 1.29 is 18.3 Å². The summed E-state index contributed by atoms with van der Waals surface area (Å²) in [5.41, 5.74) is -0.991. The summed E-state index contributed by atoms with van der Waals surface area (Å²) in [7, 11) is -2.25. The first-order chi connectivity index (χ1) is 8.87. The Balaban J connectivity index is 2.14. The number of para-hydroxylation sites is 1. The monoisotopic (exact) mass is 285 g/mol. The van der Waals surface area contributed by atoms with Gasteiger partial charge in [-0.3, -0.25) is 0 Å². The average Bonchev–Trinajstić information content (AvgIpc) is 3.21. The lowest BCUT2D eigenvalue weighted by Crippen LogP contribution is -2.42. The van der Waals surface area contributed by atoms with Gasteiger partial charge in [-0.15, -0.1) is 0 Å². The van der Waals surface area contributed by atoms with Crippen LogP contribution < -0.4 is 9.46 Å². The predicted molar refractivity (Wildman–Crippen MR) is 71.5 cm³/mol. The van der Waals surface area contributed by atoms with E-state index in [1.807, 2.05) is 0 Å². The van der Waals surface area contributed by atoms with Gasteiger partial charge in [-0.2, -0.15) is 0 Å². The molecular formula is C13H19NO4S. The maximum absolute atomic E-state index is 12.2. The Morgan fingerprint density at radius 3 is 2.63 bits per heavy atom. The van der Waals surface area contributed by atoms with Crippen molar-refractivity contribution in [1.82, 2.24) is 4.72 Å². The van der Waals surface area contributed by atoms with Gasteiger partial charge in [0.1, 0.15) is 10.6 Å². The average molecular weight is 285 g/mol. The lowest BCUT2D eigenvalue weighted by atomic mass is 10.0. The fourth-order valence-electron chi connectivity index (χ4n) is 2.01. The highest BCUT2D eigenvalue weighted by Crippen LogP contribution is 2.39. The number of ether oxygens (including phenoxy) is 1. The molecule has 19 heavy (non-hydrogen) atoms. The summed E-state index contributed by atoms with van der Waals surface area (Å²) in [5.74, 6) is 0.480. The minimum Gasteiger partial charge on any atom is -0.495 e. The van der Waals surface area contributed by atoms with E-state index in [1.54, 1.807) is 25.1 Å². The molecule has 0 spiro atoms. The minimum absolute atomic E-state index is 0.0120. The molecule has 5 nitrogen and oxygen atoms in total. The van der Waals surface area contributed by atoms with Crippen LogP contribution in [0.4, 0.5) is 0 Å². The van der Waals surface area contributed by atoms with Crippen LogP contribution in [-0.4, -0.2) is 32.8 Å². The molecule has 0 heterocycles. The Hall–Kier alpha value is -1.11. The standard InChI is InChI=1S/C13H19NO4S/c1-13(15,10-7-8-10)9-14-19(16,17)12-6-4-3-5-11(12)18-2/h3-6,10,14-15H,7-9H2,1-2H3/t13-/m0/s1. The highest BCUT2D eigenvalue weighted by Gasteiger charge is 2.40. The predicted octanol–water partition coefficient (Wildman–Crippen LogP) is 1.13. The van der Waals surface area contributed by atoms with Crippen LogP contribution in [0, 0.1) is 5.92 Å². The van der Waals surface area contributed by atoms with E-state index < -0.39 is 15.6 Å². The number of rotatable bonds is 6. The van der Waals surface area contributed by atoms with Crippen LogP contribution in [0.1, 0.15) is 19.8 Å². The van der Waals surface area contributed by atoms with Gasteiger partial charge in [0.15, 0.2) is 0 Å². The maximum atomic E-state index is 12.2. The van der Waals surface area contributed by atoms with Crippen LogP contribution in [0.5, 0.6) is 5.75 Å². The zero-order valence-electron chi connectivity index (χ0n) is 11.1. The van der Waals surface area contributed by atoms with E-state index >= 15 is 0 Å². The van der Waals surface area contributed by atoms with E-state index in [1.165, 1.54) is 13.2 Å². The summed E-state index contributed by atoms with van der Waals surface area (Å²) in [6.07, 6.45) is 1.90. The van der Waals surface area contributed by atoms with Gasteiger partial charge >= 0.3 is 0 Å². The number of hydrogen-bond acceptors (Lipinski definition) is 4. The van der Waals surface area contributed by atoms with E-state index in [4.69, 9.17) is 4.74 Å². The molecule has 0 aliphatic heterocycles. The first-order valence-electron chi connectivity index (χ1n) is 6.22. The van der Waals surface area contributed by atoms with Crippen LogP contribution in [0.25, 0.3) is 0 Å². The van der Waals surface area contributed by atoms with Crippen molar-refractivity contribution in [2.75, 3.05) is 13.7 Å². The van der Waals surface area contributed by atoms with Crippen LogP contribution in [0.3, 0.4) is 0 Å². The first-order valence-corrected chi connectivity index (χ1v) is 7.70. The van der Waals surface area contributed by atoms with Crippen molar-refractivity contribution in [2.45, 2.75) is 30.3 Å². The number of sulfonamides is 1. The molecule has 1 aromatic rings. The number of aliphatic hydroxyl groups is 1. The van der Waals surface area contributed by atoms with Crippen molar-refractivity contribution in [2.24, 2.45) is 5.92 Å². The molecule has 1 aromatic carbocycles. The lowest BCUT2D eigenvalue weighted by molar-refractivity contribution is 0.0422. The first kappa shape index (κ1) is 14.3. The van der Waals surface area contributed by atoms with Gasteiger partial charge in [0.25, 0.3) is 0 Å². The number of benzene rings is 1. The molecule has 0 radical (unpaired) electrons. The van der Waals surface area contributed by atoms with Crippen LogP contribution in [0.15, 0.2) is 29.2 Å². The molecule has 0 bridgehead atoms. The highest BCUT2D eigenvalue weighted by atomic mass is 32.2. The van der Waals surface area contributed by atoms with Crippen LogP contribution in [-0.2, 0) is 10.0 Å². The fourth-order valence-corrected chi connectivity index (χ4v) is 3.32. The molecule has 1 saturated carbocycles. The lowest BCUT2D eigenvalue weighted by Gasteiger charge is -2.23. The molecule has 6 heteroatoms. The Bertz CT molecular complexity index is 550. The molecule has 0 unspecified atom stereocenters. The van der Waals surface area contributed by atoms with Gasteiger partial charge < -0.3 is 9.84 Å². The molecule has 1 aliphatic carbocycles. The van der Waals surface area contributed by atoms with Gasteiger partial charge in [-0.25, -0.2) is 13.1 Å². The summed E-state index contributed by atoms with van der Waals surface area (Å²) in [6, 6.07) is 6.41. The topological polar surface area (TPSA) is 75.6 Å². The van der Waals surface area contributed by atoms with E-state index in [9.17, 15) is 13.5 Å². The third-order valence-corrected chi connectivity index (χ3v) is 4.88. The quantitative estimate of drug-likeness (QED) is 0.821. The molecule has 0 aromatic heterocycles. The third kappa shape index (κ3) is 3.26. The molecule has 2 rings (SSSR count). The van der Waals surface area contributed by atoms with Crippen LogP contribution >= 0.6 is 0 Å². The SMILES string of the molecule is COc1ccccc1S(=O)(=O)NC[C@](C)(O)C1CC1. The van der Waals surface area contributed by atoms with E-state index in [0.29, 0.717) is 5.75 Å². The molecule has 0 saturated heterocycles. The van der Waals surface area contributed by atoms with Gasteiger partial charge in [0.2, 0.25) is 10.0 Å². The van der Waals surface area contributed by atoms with Crippen molar-refractivity contribution in [1.29, 1.82) is 0 Å². The third-order valence-electron chi connectivity index (χ3n) is 3.44. The highest BCUT2D eigenvalue weighted by molar-refractivity contribution is 7.89. The van der Waals surface area contributed by atoms with E-state index in [2.05, 4.69) is 4.72 Å².